The third kappa shape index (κ3) is 2.86. The molecule has 1 aromatic heterocycles. The molecule has 6 nitrogen and oxygen atoms in total. The van der Waals surface area contributed by atoms with E-state index in [1.165, 1.54) is 18.5 Å². The molecule has 2 aliphatic heterocycles. The highest BCUT2D eigenvalue weighted by Crippen LogP contribution is 2.50. The number of likely N-dealkylation sites (tertiary alicyclic amines) is 1. The maximum Gasteiger partial charge on any atom is 0.226 e. The Morgan fingerprint density at radius 1 is 1.33 bits per heavy atom. The van der Waals surface area contributed by atoms with E-state index in [1.54, 1.807) is 0 Å². The first-order valence-corrected chi connectivity index (χ1v) is 9.22. The van der Waals surface area contributed by atoms with Gasteiger partial charge in [0.2, 0.25) is 5.91 Å². The number of rotatable bonds is 3. The fourth-order valence-corrected chi connectivity index (χ4v) is 4.90. The Morgan fingerprint density at radius 3 is 2.92 bits per heavy atom. The highest BCUT2D eigenvalue weighted by Gasteiger charge is 2.51. The molecule has 4 rings (SSSR count). The molecule has 0 aromatic carbocycles. The molecule has 2 atom stereocenters. The highest BCUT2D eigenvalue weighted by atomic mass is 16.5. The average molecular weight is 332 g/mol. The number of hydrogen-bond donors (Lipinski definition) is 0. The molecule has 132 valence electrons. The van der Waals surface area contributed by atoms with Gasteiger partial charge in [-0.1, -0.05) is 6.42 Å². The van der Waals surface area contributed by atoms with Crippen molar-refractivity contribution >= 4 is 5.91 Å². The van der Waals surface area contributed by atoms with Crippen LogP contribution in [0.25, 0.3) is 0 Å². The van der Waals surface area contributed by atoms with E-state index in [4.69, 9.17) is 4.74 Å². The van der Waals surface area contributed by atoms with Crippen molar-refractivity contribution in [2.45, 2.75) is 32.2 Å². The highest BCUT2D eigenvalue weighted by molar-refractivity contribution is 5.80. The predicted octanol–water partition coefficient (Wildman–Crippen LogP) is 1.27. The van der Waals surface area contributed by atoms with Gasteiger partial charge in [-0.3, -0.25) is 9.69 Å². The third-order valence-corrected chi connectivity index (χ3v) is 6.29. The normalized spacial score (nSPS) is 31.2. The molecule has 0 radical (unpaired) electrons. The van der Waals surface area contributed by atoms with Gasteiger partial charge in [-0.25, -0.2) is 4.98 Å². The number of ether oxygens (including phenoxy) is 1. The first-order chi connectivity index (χ1) is 11.7. The Bertz CT molecular complexity index is 596. The number of amides is 1. The fraction of sp³-hybridized carbons (Fsp3) is 0.778. The van der Waals surface area contributed by atoms with Gasteiger partial charge in [-0.05, 0) is 31.2 Å². The minimum atomic E-state index is 0.202. The summed E-state index contributed by atoms with van der Waals surface area (Å²) >= 11 is 0. The molecule has 3 fully saturated rings. The van der Waals surface area contributed by atoms with E-state index in [2.05, 4.69) is 21.5 Å². The lowest BCUT2D eigenvalue weighted by Gasteiger charge is -2.36. The maximum absolute atomic E-state index is 13.1. The summed E-state index contributed by atoms with van der Waals surface area (Å²) in [6.45, 7) is 6.01. The molecule has 1 aliphatic carbocycles. The van der Waals surface area contributed by atoms with Crippen LogP contribution in [0.3, 0.4) is 0 Å². The number of carbonyl (C=O) groups is 1. The van der Waals surface area contributed by atoms with Gasteiger partial charge < -0.3 is 14.2 Å². The molecule has 1 aromatic rings. The standard InChI is InChI=1S/C18H28N4O2/c1-20-14-19-11-15(20)12-21-6-5-18(13-21)4-2-3-16(18)17(23)22-7-9-24-10-8-22/h11,14,16H,2-10,12-13H2,1H3/t16-,18-/m1/s1. The molecule has 24 heavy (non-hydrogen) atoms. The zero-order valence-corrected chi connectivity index (χ0v) is 14.6. The summed E-state index contributed by atoms with van der Waals surface area (Å²) in [6, 6.07) is 0. The number of nitrogens with zero attached hydrogens (tertiary/aromatic N) is 4. The van der Waals surface area contributed by atoms with E-state index in [1.807, 2.05) is 17.4 Å². The summed E-state index contributed by atoms with van der Waals surface area (Å²) in [4.78, 5) is 21.9. The largest absolute Gasteiger partial charge is 0.378 e. The topological polar surface area (TPSA) is 50.6 Å². The summed E-state index contributed by atoms with van der Waals surface area (Å²) in [6.07, 6.45) is 8.44. The fourth-order valence-electron chi connectivity index (χ4n) is 4.90. The number of aryl methyl sites for hydroxylation is 1. The number of morpholine rings is 1. The second kappa shape index (κ2) is 6.48. The summed E-state index contributed by atoms with van der Waals surface area (Å²) in [7, 11) is 2.05. The summed E-state index contributed by atoms with van der Waals surface area (Å²) in [5.74, 6) is 0.602. The summed E-state index contributed by atoms with van der Waals surface area (Å²) in [5.41, 5.74) is 1.45. The van der Waals surface area contributed by atoms with Crippen LogP contribution >= 0.6 is 0 Å². The van der Waals surface area contributed by atoms with Gasteiger partial charge in [-0.15, -0.1) is 0 Å². The van der Waals surface area contributed by atoms with Crippen LogP contribution in [0, 0.1) is 11.3 Å². The van der Waals surface area contributed by atoms with Crippen molar-refractivity contribution in [1.82, 2.24) is 19.4 Å². The van der Waals surface area contributed by atoms with Gasteiger partial charge in [0.05, 0.1) is 25.2 Å². The van der Waals surface area contributed by atoms with Gasteiger partial charge in [0, 0.05) is 45.3 Å². The third-order valence-electron chi connectivity index (χ3n) is 6.29. The smallest absolute Gasteiger partial charge is 0.226 e. The lowest BCUT2D eigenvalue weighted by molar-refractivity contribution is -0.143. The average Bonchev–Trinajstić information content (AvgIpc) is 3.31. The lowest BCUT2D eigenvalue weighted by atomic mass is 9.76. The molecule has 2 saturated heterocycles. The maximum atomic E-state index is 13.1. The zero-order chi connectivity index (χ0) is 16.6. The quantitative estimate of drug-likeness (QED) is 0.836. The van der Waals surface area contributed by atoms with Crippen LogP contribution in [-0.2, 0) is 23.1 Å². The van der Waals surface area contributed by atoms with Crippen molar-refractivity contribution in [3.63, 3.8) is 0 Å². The molecular weight excluding hydrogens is 304 g/mol. The van der Waals surface area contributed by atoms with Crippen LogP contribution in [-0.4, -0.2) is 64.7 Å². The molecule has 1 saturated carbocycles. The summed E-state index contributed by atoms with van der Waals surface area (Å²) in [5, 5.41) is 0. The van der Waals surface area contributed by atoms with Crippen molar-refractivity contribution in [3.05, 3.63) is 18.2 Å². The molecule has 0 bridgehead atoms. The Morgan fingerprint density at radius 2 is 2.17 bits per heavy atom. The van der Waals surface area contributed by atoms with E-state index in [9.17, 15) is 4.79 Å². The molecule has 3 aliphatic rings. The van der Waals surface area contributed by atoms with E-state index in [0.29, 0.717) is 19.1 Å². The molecule has 1 spiro atoms. The molecule has 3 heterocycles. The van der Waals surface area contributed by atoms with E-state index < -0.39 is 0 Å². The first kappa shape index (κ1) is 16.1. The zero-order valence-electron chi connectivity index (χ0n) is 14.6. The van der Waals surface area contributed by atoms with E-state index in [0.717, 1.165) is 45.6 Å². The van der Waals surface area contributed by atoms with E-state index >= 15 is 0 Å². The van der Waals surface area contributed by atoms with Crippen molar-refractivity contribution in [2.24, 2.45) is 18.4 Å². The van der Waals surface area contributed by atoms with Crippen LogP contribution in [0.4, 0.5) is 0 Å². The van der Waals surface area contributed by atoms with Crippen LogP contribution in [0.5, 0.6) is 0 Å². The van der Waals surface area contributed by atoms with E-state index in [-0.39, 0.29) is 11.3 Å². The van der Waals surface area contributed by atoms with Gasteiger partial charge in [0.15, 0.2) is 0 Å². The molecule has 1 amide bonds. The van der Waals surface area contributed by atoms with Crippen molar-refractivity contribution in [1.29, 1.82) is 0 Å². The van der Waals surface area contributed by atoms with Crippen molar-refractivity contribution in [3.8, 4) is 0 Å². The van der Waals surface area contributed by atoms with Crippen LogP contribution in [0.15, 0.2) is 12.5 Å². The Labute approximate surface area is 143 Å². The van der Waals surface area contributed by atoms with Gasteiger partial charge >= 0.3 is 0 Å². The number of carbonyl (C=O) groups excluding carboxylic acids is 1. The van der Waals surface area contributed by atoms with Crippen LogP contribution in [0.2, 0.25) is 0 Å². The predicted molar refractivity (Wildman–Crippen MR) is 90.3 cm³/mol. The Hall–Kier alpha value is -1.40. The lowest BCUT2D eigenvalue weighted by Crippen LogP contribution is -2.47. The second-order valence-corrected chi connectivity index (χ2v) is 7.70. The number of imidazole rings is 1. The van der Waals surface area contributed by atoms with Crippen LogP contribution in [0.1, 0.15) is 31.4 Å². The monoisotopic (exact) mass is 332 g/mol. The van der Waals surface area contributed by atoms with Crippen molar-refractivity contribution < 1.29 is 9.53 Å². The second-order valence-electron chi connectivity index (χ2n) is 7.70. The number of hydrogen-bond acceptors (Lipinski definition) is 4. The molecule has 0 N–H and O–H groups in total. The Kier molecular flexibility index (Phi) is 4.35. The van der Waals surface area contributed by atoms with Gasteiger partial charge in [0.25, 0.3) is 0 Å². The van der Waals surface area contributed by atoms with Gasteiger partial charge in [0.1, 0.15) is 0 Å². The molecule has 6 heteroatoms. The molecule has 0 unspecified atom stereocenters. The van der Waals surface area contributed by atoms with Crippen molar-refractivity contribution in [2.75, 3.05) is 39.4 Å². The molecular formula is C18H28N4O2. The minimum absolute atomic E-state index is 0.202. The first-order valence-electron chi connectivity index (χ1n) is 9.22. The summed E-state index contributed by atoms with van der Waals surface area (Å²) < 4.78 is 7.50. The SMILES string of the molecule is Cn1cncc1CN1CC[C@]2(CCC[C@@H]2C(=O)N2CCOCC2)C1. The van der Waals surface area contributed by atoms with Crippen LogP contribution < -0.4 is 0 Å². The van der Waals surface area contributed by atoms with Gasteiger partial charge in [-0.2, -0.15) is 0 Å². The minimum Gasteiger partial charge on any atom is -0.378 e. The Balaban J connectivity index is 1.44. The number of aromatic nitrogens is 2.